The fourth-order valence-electron chi connectivity index (χ4n) is 3.30. The monoisotopic (exact) mass is 348 g/mol. The lowest BCUT2D eigenvalue weighted by atomic mass is 10.1. The first-order valence-electron chi connectivity index (χ1n) is 8.73. The maximum Gasteiger partial charge on any atom is 0.0594 e. The molecule has 0 aromatic carbocycles. The molecule has 1 saturated heterocycles. The molecule has 0 bridgehead atoms. The zero-order valence-electron chi connectivity index (χ0n) is 14.7. The number of hydrogen-bond donors (Lipinski definition) is 0. The second-order valence-electron chi connectivity index (χ2n) is 6.57. The Kier molecular flexibility index (Phi) is 6.43. The second-order valence-corrected chi connectivity index (χ2v) is 7.55. The molecule has 132 valence electrons. The van der Waals surface area contributed by atoms with Crippen LogP contribution in [0.15, 0.2) is 29.9 Å². The van der Waals surface area contributed by atoms with E-state index >= 15 is 0 Å². The molecule has 3 heterocycles. The molecule has 3 rings (SSSR count). The molecule has 1 atom stereocenters. The molecule has 6 heteroatoms. The van der Waals surface area contributed by atoms with E-state index in [4.69, 9.17) is 4.74 Å². The van der Waals surface area contributed by atoms with Gasteiger partial charge in [-0.15, -0.1) is 11.3 Å². The first-order chi connectivity index (χ1) is 11.7. The Hall–Kier alpha value is -1.21. The Labute approximate surface area is 148 Å². The maximum absolute atomic E-state index is 5.53. The van der Waals surface area contributed by atoms with Gasteiger partial charge in [-0.25, -0.2) is 0 Å². The van der Waals surface area contributed by atoms with E-state index in [1.807, 2.05) is 29.3 Å². The largest absolute Gasteiger partial charge is 0.379 e. The van der Waals surface area contributed by atoms with Gasteiger partial charge in [0.2, 0.25) is 0 Å². The van der Waals surface area contributed by atoms with Crippen molar-refractivity contribution in [2.75, 3.05) is 46.4 Å². The summed E-state index contributed by atoms with van der Waals surface area (Å²) in [5, 5.41) is 6.43. The van der Waals surface area contributed by atoms with E-state index in [1.165, 1.54) is 16.9 Å². The van der Waals surface area contributed by atoms with Gasteiger partial charge >= 0.3 is 0 Å². The molecule has 5 nitrogen and oxygen atoms in total. The average molecular weight is 349 g/mol. The molecule has 0 spiro atoms. The van der Waals surface area contributed by atoms with Crippen LogP contribution in [0.25, 0.3) is 0 Å². The number of nitrogens with zero attached hydrogens (tertiary/aromatic N) is 4. The van der Waals surface area contributed by atoms with E-state index < -0.39 is 0 Å². The summed E-state index contributed by atoms with van der Waals surface area (Å²) in [4.78, 5) is 6.51. The zero-order chi connectivity index (χ0) is 16.8. The fourth-order valence-corrected chi connectivity index (χ4v) is 4.15. The van der Waals surface area contributed by atoms with E-state index in [0.717, 1.165) is 45.8 Å². The van der Waals surface area contributed by atoms with Crippen molar-refractivity contribution in [1.82, 2.24) is 19.6 Å². The number of rotatable bonds is 8. The number of thiophene rings is 1. The predicted molar refractivity (Wildman–Crippen MR) is 98.5 cm³/mol. The number of ether oxygens (including phenoxy) is 1. The number of morpholine rings is 1. The Bertz CT molecular complexity index is 592. The molecule has 2 aromatic heterocycles. The second kappa shape index (κ2) is 8.76. The summed E-state index contributed by atoms with van der Waals surface area (Å²) in [6, 6.07) is 4.92. The summed E-state index contributed by atoms with van der Waals surface area (Å²) in [7, 11) is 4.22. The van der Waals surface area contributed by atoms with Gasteiger partial charge in [0.05, 0.1) is 25.5 Å². The molecule has 1 aliphatic rings. The number of likely N-dealkylation sites (N-methyl/N-ethyl adjacent to an activating group) is 1. The molecule has 24 heavy (non-hydrogen) atoms. The van der Waals surface area contributed by atoms with Crippen LogP contribution >= 0.6 is 11.3 Å². The summed E-state index contributed by atoms with van der Waals surface area (Å²) in [5.41, 5.74) is 1.33. The van der Waals surface area contributed by atoms with Gasteiger partial charge in [0.15, 0.2) is 0 Å². The maximum atomic E-state index is 5.53. The summed E-state index contributed by atoms with van der Waals surface area (Å²) >= 11 is 1.87. The zero-order valence-corrected chi connectivity index (χ0v) is 15.5. The minimum Gasteiger partial charge on any atom is -0.379 e. The summed E-state index contributed by atoms with van der Waals surface area (Å²) < 4.78 is 7.41. The molecule has 1 aliphatic heterocycles. The molecule has 0 amide bonds. The number of aromatic nitrogens is 2. The molecule has 2 aromatic rings. The predicted octanol–water partition coefficient (Wildman–Crippen LogP) is 2.42. The molecule has 0 aliphatic carbocycles. The standard InChI is InChI=1S/C18H28N4OS/c1-20(7-3-5-16-13-19-21(2)14-16)15-17(18-6-4-12-24-18)22-8-10-23-11-9-22/h4,6,12-14,17H,3,5,7-11,15H2,1-2H3. The van der Waals surface area contributed by atoms with Crippen LogP contribution in [0, 0.1) is 0 Å². The first-order valence-corrected chi connectivity index (χ1v) is 9.61. The summed E-state index contributed by atoms with van der Waals surface area (Å²) in [6.07, 6.45) is 6.35. The van der Waals surface area contributed by atoms with Gasteiger partial charge in [-0.3, -0.25) is 9.58 Å². The van der Waals surface area contributed by atoms with Gasteiger partial charge in [-0.1, -0.05) is 6.07 Å². The number of aryl methyl sites for hydroxylation is 2. The molecular formula is C18H28N4OS. The Morgan fingerprint density at radius 3 is 2.88 bits per heavy atom. The highest BCUT2D eigenvalue weighted by Gasteiger charge is 2.24. The number of hydrogen-bond acceptors (Lipinski definition) is 5. The molecule has 0 radical (unpaired) electrons. The molecule has 0 saturated carbocycles. The van der Waals surface area contributed by atoms with Gasteiger partial charge in [0.25, 0.3) is 0 Å². The van der Waals surface area contributed by atoms with Crippen LogP contribution in [-0.2, 0) is 18.2 Å². The van der Waals surface area contributed by atoms with E-state index in [9.17, 15) is 0 Å². The minimum atomic E-state index is 0.484. The first kappa shape index (κ1) is 17.6. The third-order valence-electron chi connectivity index (χ3n) is 4.61. The van der Waals surface area contributed by atoms with Crippen molar-refractivity contribution >= 4 is 11.3 Å². The normalized spacial score (nSPS) is 17.5. The highest BCUT2D eigenvalue weighted by atomic mass is 32.1. The Balaban J connectivity index is 1.51. The van der Waals surface area contributed by atoms with Crippen LogP contribution in [0.3, 0.4) is 0 Å². The Morgan fingerprint density at radius 1 is 1.38 bits per heavy atom. The lowest BCUT2D eigenvalue weighted by Gasteiger charge is -2.36. The SMILES string of the molecule is CN(CCCc1cnn(C)c1)CC(c1cccs1)N1CCOCC1. The van der Waals surface area contributed by atoms with E-state index in [-0.39, 0.29) is 0 Å². The lowest BCUT2D eigenvalue weighted by molar-refractivity contribution is 0.0101. The summed E-state index contributed by atoms with van der Waals surface area (Å²) in [6.45, 7) is 5.96. The van der Waals surface area contributed by atoms with Crippen LogP contribution in [0.5, 0.6) is 0 Å². The van der Waals surface area contributed by atoms with E-state index in [0.29, 0.717) is 6.04 Å². The third-order valence-corrected chi connectivity index (χ3v) is 5.58. The van der Waals surface area contributed by atoms with E-state index in [2.05, 4.69) is 45.7 Å². The van der Waals surface area contributed by atoms with Crippen LogP contribution < -0.4 is 0 Å². The minimum absolute atomic E-state index is 0.484. The Morgan fingerprint density at radius 2 is 2.21 bits per heavy atom. The van der Waals surface area contributed by atoms with Crippen molar-refractivity contribution in [2.45, 2.75) is 18.9 Å². The van der Waals surface area contributed by atoms with Crippen molar-refractivity contribution < 1.29 is 4.74 Å². The van der Waals surface area contributed by atoms with Crippen molar-refractivity contribution in [3.05, 3.63) is 40.3 Å². The van der Waals surface area contributed by atoms with Gasteiger partial charge in [-0.2, -0.15) is 5.10 Å². The lowest BCUT2D eigenvalue weighted by Crippen LogP contribution is -2.43. The van der Waals surface area contributed by atoms with Gasteiger partial charge in [0, 0.05) is 37.8 Å². The third kappa shape index (κ3) is 4.89. The highest BCUT2D eigenvalue weighted by Crippen LogP contribution is 2.26. The quantitative estimate of drug-likeness (QED) is 0.734. The van der Waals surface area contributed by atoms with E-state index in [1.54, 1.807) is 0 Å². The van der Waals surface area contributed by atoms with Crippen LogP contribution in [0.1, 0.15) is 22.9 Å². The molecule has 0 N–H and O–H groups in total. The van der Waals surface area contributed by atoms with Crippen LogP contribution in [0.4, 0.5) is 0 Å². The summed E-state index contributed by atoms with van der Waals surface area (Å²) in [5.74, 6) is 0. The topological polar surface area (TPSA) is 33.5 Å². The fraction of sp³-hybridized carbons (Fsp3) is 0.611. The smallest absolute Gasteiger partial charge is 0.0594 e. The van der Waals surface area contributed by atoms with Crippen LogP contribution in [0.2, 0.25) is 0 Å². The van der Waals surface area contributed by atoms with Gasteiger partial charge < -0.3 is 9.64 Å². The van der Waals surface area contributed by atoms with Crippen LogP contribution in [-0.4, -0.2) is 66.0 Å². The molecular weight excluding hydrogens is 320 g/mol. The van der Waals surface area contributed by atoms with Gasteiger partial charge in [0.1, 0.15) is 0 Å². The highest BCUT2D eigenvalue weighted by molar-refractivity contribution is 7.10. The van der Waals surface area contributed by atoms with Crippen molar-refractivity contribution in [2.24, 2.45) is 7.05 Å². The average Bonchev–Trinajstić information content (AvgIpc) is 3.25. The van der Waals surface area contributed by atoms with Crippen molar-refractivity contribution in [3.63, 3.8) is 0 Å². The van der Waals surface area contributed by atoms with Crippen molar-refractivity contribution in [1.29, 1.82) is 0 Å². The van der Waals surface area contributed by atoms with Crippen molar-refractivity contribution in [3.8, 4) is 0 Å². The van der Waals surface area contributed by atoms with Gasteiger partial charge in [-0.05, 0) is 43.4 Å². The molecule has 1 unspecified atom stereocenters. The molecule has 1 fully saturated rings.